The Labute approximate surface area is 130 Å². The maximum Gasteiger partial charge on any atom is 0.333 e. The zero-order valence-corrected chi connectivity index (χ0v) is 13.3. The molecule has 0 aromatic heterocycles. The number of carbonyl (C=O) groups excluding carboxylic acids is 1. The number of carbonyl (C=O) groups is 1. The molecule has 22 heavy (non-hydrogen) atoms. The molecule has 0 bridgehead atoms. The van der Waals surface area contributed by atoms with E-state index in [0.717, 1.165) is 17.5 Å². The predicted octanol–water partition coefficient (Wildman–Crippen LogP) is 3.07. The molecule has 0 aliphatic rings. The number of anilines is 1. The highest BCUT2D eigenvalue weighted by Gasteiger charge is 2.17. The molecule has 116 valence electrons. The Balaban J connectivity index is 2.05. The zero-order valence-electron chi connectivity index (χ0n) is 12.5. The Bertz CT molecular complexity index is 751. The Kier molecular flexibility index (Phi) is 4.82. The molecule has 0 aliphatic carbocycles. The summed E-state index contributed by atoms with van der Waals surface area (Å²) in [5, 5.41) is 2.50. The largest absolute Gasteiger partial charge is 0.333 e. The lowest BCUT2D eigenvalue weighted by atomic mass is 10.1. The van der Waals surface area contributed by atoms with E-state index in [0.29, 0.717) is 5.69 Å². The summed E-state index contributed by atoms with van der Waals surface area (Å²) in [5.74, 6) is 0. The smallest absolute Gasteiger partial charge is 0.307 e. The van der Waals surface area contributed by atoms with Crippen molar-refractivity contribution in [2.75, 3.05) is 5.32 Å². The van der Waals surface area contributed by atoms with Crippen molar-refractivity contribution < 1.29 is 13.2 Å². The van der Waals surface area contributed by atoms with Crippen molar-refractivity contribution in [1.29, 1.82) is 0 Å². The standard InChI is InChI=1S/C16H18N2O3S/c1-3-13-6-8-14(9-7-13)17-16(19)18-22(20,21)15-10-4-12(2)5-11-15/h4-11H,3H2,1-2H3,(H2,17,18,19). The van der Waals surface area contributed by atoms with Gasteiger partial charge in [-0.25, -0.2) is 17.9 Å². The number of hydrogen-bond acceptors (Lipinski definition) is 3. The lowest BCUT2D eigenvalue weighted by Gasteiger charge is -2.09. The molecule has 0 heterocycles. The molecule has 0 unspecified atom stereocenters. The van der Waals surface area contributed by atoms with E-state index in [2.05, 4.69) is 5.32 Å². The van der Waals surface area contributed by atoms with Gasteiger partial charge in [0.15, 0.2) is 0 Å². The normalized spacial score (nSPS) is 11.0. The molecule has 0 radical (unpaired) electrons. The molecule has 2 N–H and O–H groups in total. The molecule has 0 fully saturated rings. The van der Waals surface area contributed by atoms with E-state index < -0.39 is 16.1 Å². The number of amides is 2. The second-order valence-electron chi connectivity index (χ2n) is 4.92. The first kappa shape index (κ1) is 16.0. The summed E-state index contributed by atoms with van der Waals surface area (Å²) < 4.78 is 26.1. The molecule has 0 saturated carbocycles. The van der Waals surface area contributed by atoms with Gasteiger partial charge < -0.3 is 5.32 Å². The molecular weight excluding hydrogens is 300 g/mol. The van der Waals surface area contributed by atoms with Gasteiger partial charge in [0.2, 0.25) is 0 Å². The first-order chi connectivity index (χ1) is 10.4. The van der Waals surface area contributed by atoms with E-state index in [1.165, 1.54) is 12.1 Å². The second kappa shape index (κ2) is 6.62. The molecule has 2 aromatic rings. The molecule has 6 heteroatoms. The van der Waals surface area contributed by atoms with Gasteiger partial charge in [0.25, 0.3) is 10.0 Å². The maximum atomic E-state index is 12.1. The van der Waals surface area contributed by atoms with E-state index in [1.807, 2.05) is 30.7 Å². The highest BCUT2D eigenvalue weighted by Crippen LogP contribution is 2.12. The van der Waals surface area contributed by atoms with Gasteiger partial charge in [0.05, 0.1) is 4.90 Å². The van der Waals surface area contributed by atoms with E-state index in [4.69, 9.17) is 0 Å². The van der Waals surface area contributed by atoms with Crippen LogP contribution < -0.4 is 10.0 Å². The first-order valence-corrected chi connectivity index (χ1v) is 8.38. The van der Waals surface area contributed by atoms with Gasteiger partial charge in [-0.3, -0.25) is 0 Å². The van der Waals surface area contributed by atoms with Crippen LogP contribution in [0.15, 0.2) is 53.4 Å². The van der Waals surface area contributed by atoms with Crippen molar-refractivity contribution in [3.8, 4) is 0 Å². The second-order valence-corrected chi connectivity index (χ2v) is 6.61. The number of nitrogens with one attached hydrogen (secondary N) is 2. The topological polar surface area (TPSA) is 75.3 Å². The molecule has 0 atom stereocenters. The fourth-order valence-corrected chi connectivity index (χ4v) is 2.79. The summed E-state index contributed by atoms with van der Waals surface area (Å²) in [5.41, 5.74) is 2.62. The molecule has 0 aliphatic heterocycles. The first-order valence-electron chi connectivity index (χ1n) is 6.90. The van der Waals surface area contributed by atoms with E-state index in [9.17, 15) is 13.2 Å². The van der Waals surface area contributed by atoms with Gasteiger partial charge in [-0.1, -0.05) is 36.8 Å². The van der Waals surface area contributed by atoms with Crippen molar-refractivity contribution in [2.45, 2.75) is 25.2 Å². The number of hydrogen-bond donors (Lipinski definition) is 2. The van der Waals surface area contributed by atoms with Crippen LogP contribution in [0.25, 0.3) is 0 Å². The summed E-state index contributed by atoms with van der Waals surface area (Å²) >= 11 is 0. The molecule has 2 aromatic carbocycles. The quantitative estimate of drug-likeness (QED) is 0.909. The molecule has 5 nitrogen and oxygen atoms in total. The summed E-state index contributed by atoms with van der Waals surface area (Å²) in [7, 11) is -3.87. The van der Waals surface area contributed by atoms with E-state index in [1.54, 1.807) is 24.3 Å². The van der Waals surface area contributed by atoms with Gasteiger partial charge >= 0.3 is 6.03 Å². The Morgan fingerprint density at radius 3 is 2.14 bits per heavy atom. The lowest BCUT2D eigenvalue weighted by Crippen LogP contribution is -2.34. The minimum Gasteiger partial charge on any atom is -0.307 e. The number of aryl methyl sites for hydroxylation is 2. The summed E-state index contributed by atoms with van der Waals surface area (Å²) in [6.07, 6.45) is 0.897. The van der Waals surface area contributed by atoms with Crippen LogP contribution in [-0.2, 0) is 16.4 Å². The van der Waals surface area contributed by atoms with Gasteiger partial charge in [-0.05, 0) is 43.2 Å². The number of rotatable bonds is 4. The van der Waals surface area contributed by atoms with Gasteiger partial charge in [-0.2, -0.15) is 0 Å². The minimum atomic E-state index is -3.87. The van der Waals surface area contributed by atoms with Gasteiger partial charge in [0.1, 0.15) is 0 Å². The predicted molar refractivity (Wildman–Crippen MR) is 86.3 cm³/mol. The van der Waals surface area contributed by atoms with E-state index in [-0.39, 0.29) is 4.90 Å². The SMILES string of the molecule is CCc1ccc(NC(=O)NS(=O)(=O)c2ccc(C)cc2)cc1. The van der Waals surface area contributed by atoms with Crippen molar-refractivity contribution >= 4 is 21.7 Å². The fraction of sp³-hybridized carbons (Fsp3) is 0.188. The van der Waals surface area contributed by atoms with Crippen LogP contribution in [0.1, 0.15) is 18.1 Å². The van der Waals surface area contributed by atoms with Crippen LogP contribution in [0.4, 0.5) is 10.5 Å². The van der Waals surface area contributed by atoms with Crippen molar-refractivity contribution in [1.82, 2.24) is 4.72 Å². The summed E-state index contributed by atoms with van der Waals surface area (Å²) in [6.45, 7) is 3.89. The van der Waals surface area contributed by atoms with Crippen LogP contribution in [0.3, 0.4) is 0 Å². The van der Waals surface area contributed by atoms with Crippen molar-refractivity contribution in [2.24, 2.45) is 0 Å². The minimum absolute atomic E-state index is 0.0505. The van der Waals surface area contributed by atoms with Crippen LogP contribution >= 0.6 is 0 Å². The highest BCUT2D eigenvalue weighted by molar-refractivity contribution is 7.90. The number of benzene rings is 2. The Morgan fingerprint density at radius 1 is 1.00 bits per heavy atom. The molecular formula is C16H18N2O3S. The third-order valence-corrected chi connectivity index (χ3v) is 4.53. The summed E-state index contributed by atoms with van der Waals surface area (Å²) in [6, 6.07) is 12.7. The number of sulfonamides is 1. The third-order valence-electron chi connectivity index (χ3n) is 3.18. The summed E-state index contributed by atoms with van der Waals surface area (Å²) in [4.78, 5) is 11.9. The van der Waals surface area contributed by atoms with Crippen LogP contribution in [0, 0.1) is 6.92 Å². The average Bonchev–Trinajstić information content (AvgIpc) is 2.48. The lowest BCUT2D eigenvalue weighted by molar-refractivity contribution is 0.256. The molecule has 0 spiro atoms. The van der Waals surface area contributed by atoms with Crippen molar-refractivity contribution in [3.63, 3.8) is 0 Å². The molecule has 2 rings (SSSR count). The maximum absolute atomic E-state index is 12.1. The highest BCUT2D eigenvalue weighted by atomic mass is 32.2. The third kappa shape index (κ3) is 4.08. The van der Waals surface area contributed by atoms with Crippen LogP contribution in [0.2, 0.25) is 0 Å². The number of urea groups is 1. The average molecular weight is 318 g/mol. The monoisotopic (exact) mass is 318 g/mol. The Hall–Kier alpha value is -2.34. The zero-order chi connectivity index (χ0) is 16.2. The fourth-order valence-electron chi connectivity index (χ4n) is 1.88. The molecule has 0 saturated heterocycles. The van der Waals surface area contributed by atoms with Gasteiger partial charge in [-0.15, -0.1) is 0 Å². The van der Waals surface area contributed by atoms with Crippen molar-refractivity contribution in [3.05, 3.63) is 59.7 Å². The van der Waals surface area contributed by atoms with Crippen LogP contribution in [-0.4, -0.2) is 14.4 Å². The Morgan fingerprint density at radius 2 is 1.59 bits per heavy atom. The van der Waals surface area contributed by atoms with Gasteiger partial charge in [0, 0.05) is 5.69 Å². The molecule has 2 amide bonds. The van der Waals surface area contributed by atoms with E-state index >= 15 is 0 Å². The van der Waals surface area contributed by atoms with Crippen LogP contribution in [0.5, 0.6) is 0 Å².